The Hall–Kier alpha value is -0.960. The first-order valence-electron chi connectivity index (χ1n) is 7.51. The van der Waals surface area contributed by atoms with Crippen LogP contribution in [0.2, 0.25) is 0 Å². The highest BCUT2D eigenvalue weighted by Crippen LogP contribution is 2.15. The van der Waals surface area contributed by atoms with E-state index in [-0.39, 0.29) is 36.9 Å². The number of carbonyl (C=O) groups excluding carboxylic acids is 2. The molecule has 4 N–H and O–H groups in total. The maximum absolute atomic E-state index is 11.7. The van der Waals surface area contributed by atoms with E-state index in [0.29, 0.717) is 6.54 Å². The van der Waals surface area contributed by atoms with Crippen molar-refractivity contribution in [3.8, 4) is 0 Å². The van der Waals surface area contributed by atoms with Crippen molar-refractivity contribution in [2.75, 3.05) is 6.54 Å². The first-order chi connectivity index (χ1) is 9.99. The minimum atomic E-state index is -1.41. The van der Waals surface area contributed by atoms with E-state index in [1.165, 1.54) is 6.92 Å². The highest BCUT2D eigenvalue weighted by atomic mass is 35.5. The normalized spacial score (nSPS) is 14.1. The largest absolute Gasteiger partial charge is 0.430 e. The van der Waals surface area contributed by atoms with Gasteiger partial charge in [-0.2, -0.15) is 0 Å². The van der Waals surface area contributed by atoms with E-state index in [4.69, 9.17) is 15.2 Å². The second kappa shape index (κ2) is 12.4. The van der Waals surface area contributed by atoms with Gasteiger partial charge in [0.25, 0.3) is 0 Å². The van der Waals surface area contributed by atoms with Crippen molar-refractivity contribution in [3.63, 3.8) is 0 Å². The second-order valence-corrected chi connectivity index (χ2v) is 5.83. The fourth-order valence-electron chi connectivity index (χ4n) is 1.93. The number of nitrogens with zero attached hydrogens (tertiary/aromatic N) is 1. The zero-order chi connectivity index (χ0) is 17.5. The molecule has 0 aliphatic carbocycles. The summed E-state index contributed by atoms with van der Waals surface area (Å²) in [7, 11) is 0. The number of halogens is 2. The molecule has 0 saturated heterocycles. The van der Waals surface area contributed by atoms with Gasteiger partial charge in [-0.25, -0.2) is 14.5 Å². The summed E-state index contributed by atoms with van der Waals surface area (Å²) >= 11 is 0. The van der Waals surface area contributed by atoms with E-state index >= 15 is 0 Å². The first kappa shape index (κ1) is 27.9. The van der Waals surface area contributed by atoms with Gasteiger partial charge in [0.05, 0.1) is 0 Å². The minimum absolute atomic E-state index is 0. The maximum Gasteiger partial charge on any atom is 0.410 e. The molecule has 0 heterocycles. The molecule has 24 heavy (non-hydrogen) atoms. The third kappa shape index (κ3) is 10.7. The fourth-order valence-corrected chi connectivity index (χ4v) is 1.93. The summed E-state index contributed by atoms with van der Waals surface area (Å²) in [6, 6.07) is -0.101. The molecule has 0 radical (unpaired) electrons. The molecule has 0 saturated carbocycles. The van der Waals surface area contributed by atoms with E-state index in [1.54, 1.807) is 11.8 Å². The number of hydrogen-bond donors (Lipinski definition) is 3. The van der Waals surface area contributed by atoms with Crippen molar-refractivity contribution in [3.05, 3.63) is 0 Å². The average molecular weight is 391 g/mol. The molecule has 8 nitrogen and oxygen atoms in total. The molecule has 0 spiro atoms. The lowest BCUT2D eigenvalue weighted by Gasteiger charge is -2.39. The van der Waals surface area contributed by atoms with E-state index in [0.717, 1.165) is 0 Å². The van der Waals surface area contributed by atoms with Crippen molar-refractivity contribution < 1.29 is 19.1 Å². The van der Waals surface area contributed by atoms with E-state index < -0.39 is 24.3 Å². The molecule has 0 aromatic carbocycles. The molecule has 0 aliphatic heterocycles. The Morgan fingerprint density at radius 3 is 1.83 bits per heavy atom. The summed E-state index contributed by atoms with van der Waals surface area (Å²) in [5, 5.41) is 5.22. The van der Waals surface area contributed by atoms with Gasteiger partial charge in [0.15, 0.2) is 6.23 Å². The Labute approximate surface area is 157 Å². The number of nitrogens with two attached hydrogens (primary N) is 1. The average Bonchev–Trinajstić information content (AvgIpc) is 2.24. The van der Waals surface area contributed by atoms with Gasteiger partial charge in [0.2, 0.25) is 5.85 Å². The summed E-state index contributed by atoms with van der Waals surface area (Å²) in [6.07, 6.45) is -1.84. The summed E-state index contributed by atoms with van der Waals surface area (Å²) in [5.74, 6) is -1.41. The van der Waals surface area contributed by atoms with Crippen molar-refractivity contribution in [2.24, 2.45) is 5.73 Å². The summed E-state index contributed by atoms with van der Waals surface area (Å²) in [6.45, 7) is 12.7. The van der Waals surface area contributed by atoms with Gasteiger partial charge in [-0.15, -0.1) is 24.8 Å². The topological polar surface area (TPSA) is 106 Å². The SMILES string of the molecule is CCN(C(C)OC(=O)NC(C)C)C(C)(N)OC(=O)NC(C)C.Cl.Cl. The lowest BCUT2D eigenvalue weighted by Crippen LogP contribution is -2.61. The first-order valence-corrected chi connectivity index (χ1v) is 7.51. The highest BCUT2D eigenvalue weighted by molar-refractivity contribution is 5.85. The number of hydrogen-bond acceptors (Lipinski definition) is 6. The standard InChI is InChI=1S/C14H30N4O4.2ClH/c1-8-18(11(6)21-12(19)16-9(2)3)14(7,15)22-13(20)17-10(4)5;;/h9-11H,8,15H2,1-7H3,(H,16,19)(H,17,20);2*1H. The van der Waals surface area contributed by atoms with Gasteiger partial charge in [0.1, 0.15) is 0 Å². The fraction of sp³-hybridized carbons (Fsp3) is 0.857. The van der Waals surface area contributed by atoms with Crippen LogP contribution < -0.4 is 16.4 Å². The lowest BCUT2D eigenvalue weighted by atomic mass is 10.3. The lowest BCUT2D eigenvalue weighted by molar-refractivity contribution is -0.156. The molecule has 2 atom stereocenters. The van der Waals surface area contributed by atoms with Crippen LogP contribution in [0.15, 0.2) is 0 Å². The van der Waals surface area contributed by atoms with Crippen LogP contribution in [0.1, 0.15) is 48.5 Å². The molecule has 0 aromatic rings. The number of rotatable bonds is 7. The van der Waals surface area contributed by atoms with Crippen LogP contribution in [0.25, 0.3) is 0 Å². The molecule has 2 unspecified atom stereocenters. The van der Waals surface area contributed by atoms with Crippen LogP contribution in [0, 0.1) is 0 Å². The molecule has 0 aromatic heterocycles. The Balaban J connectivity index is -0.00000220. The Bertz CT molecular complexity index is 382. The van der Waals surface area contributed by atoms with Gasteiger partial charge in [-0.05, 0) is 34.6 Å². The second-order valence-electron chi connectivity index (χ2n) is 5.83. The van der Waals surface area contributed by atoms with Crippen molar-refractivity contribution in [2.45, 2.75) is 72.6 Å². The number of ether oxygens (including phenoxy) is 2. The molecular weight excluding hydrogens is 359 g/mol. The molecule has 0 bridgehead atoms. The number of amides is 2. The Kier molecular flexibility index (Phi) is 14.4. The molecular formula is C14H32Cl2N4O4. The van der Waals surface area contributed by atoms with Crippen LogP contribution >= 0.6 is 24.8 Å². The number of nitrogens with one attached hydrogen (secondary N) is 2. The predicted octanol–water partition coefficient (Wildman–Crippen LogP) is 2.40. The van der Waals surface area contributed by atoms with Gasteiger partial charge in [0, 0.05) is 25.6 Å². The minimum Gasteiger partial charge on any atom is -0.430 e. The van der Waals surface area contributed by atoms with Crippen LogP contribution in [0.5, 0.6) is 0 Å². The van der Waals surface area contributed by atoms with Crippen molar-refractivity contribution in [1.29, 1.82) is 0 Å². The van der Waals surface area contributed by atoms with E-state index in [2.05, 4.69) is 10.6 Å². The van der Waals surface area contributed by atoms with E-state index in [1.807, 2.05) is 34.6 Å². The quantitative estimate of drug-likeness (QED) is 0.576. The number of carbonyl (C=O) groups is 2. The zero-order valence-corrected chi connectivity index (χ0v) is 17.0. The maximum atomic E-state index is 11.7. The van der Waals surface area contributed by atoms with Crippen LogP contribution in [0.4, 0.5) is 9.59 Å². The van der Waals surface area contributed by atoms with Crippen molar-refractivity contribution >= 4 is 37.0 Å². The van der Waals surface area contributed by atoms with Crippen LogP contribution in [-0.4, -0.2) is 47.8 Å². The highest BCUT2D eigenvalue weighted by Gasteiger charge is 2.35. The van der Waals surface area contributed by atoms with Gasteiger partial charge in [-0.3, -0.25) is 5.73 Å². The summed E-state index contributed by atoms with van der Waals surface area (Å²) in [5.41, 5.74) is 6.06. The third-order valence-electron chi connectivity index (χ3n) is 2.74. The van der Waals surface area contributed by atoms with Crippen LogP contribution in [0.3, 0.4) is 0 Å². The molecule has 2 amide bonds. The smallest absolute Gasteiger partial charge is 0.410 e. The monoisotopic (exact) mass is 390 g/mol. The Morgan fingerprint density at radius 2 is 1.46 bits per heavy atom. The summed E-state index contributed by atoms with van der Waals surface area (Å²) < 4.78 is 10.5. The van der Waals surface area contributed by atoms with Gasteiger partial charge >= 0.3 is 12.2 Å². The summed E-state index contributed by atoms with van der Waals surface area (Å²) in [4.78, 5) is 24.9. The van der Waals surface area contributed by atoms with Crippen LogP contribution in [-0.2, 0) is 9.47 Å². The Morgan fingerprint density at radius 1 is 1.04 bits per heavy atom. The predicted molar refractivity (Wildman–Crippen MR) is 98.4 cm³/mol. The zero-order valence-electron chi connectivity index (χ0n) is 15.4. The van der Waals surface area contributed by atoms with E-state index in [9.17, 15) is 9.59 Å². The molecule has 10 heteroatoms. The molecule has 0 rings (SSSR count). The number of alkyl carbamates (subject to hydrolysis) is 2. The third-order valence-corrected chi connectivity index (χ3v) is 2.74. The van der Waals surface area contributed by atoms with Gasteiger partial charge in [-0.1, -0.05) is 6.92 Å². The molecule has 0 fully saturated rings. The molecule has 146 valence electrons. The van der Waals surface area contributed by atoms with Crippen molar-refractivity contribution in [1.82, 2.24) is 15.5 Å². The van der Waals surface area contributed by atoms with Gasteiger partial charge < -0.3 is 20.1 Å². The molecule has 0 aliphatic rings.